The number of carbonyl (C=O) groups is 1. The van der Waals surface area contributed by atoms with Crippen LogP contribution >= 0.6 is 0 Å². The molecule has 0 bridgehead atoms. The number of carbonyl (C=O) groups excluding carboxylic acids is 1. The lowest BCUT2D eigenvalue weighted by Gasteiger charge is -2.52. The van der Waals surface area contributed by atoms with E-state index in [1.165, 1.54) is 6.92 Å². The van der Waals surface area contributed by atoms with Gasteiger partial charge in [-0.05, 0) is 46.5 Å². The summed E-state index contributed by atoms with van der Waals surface area (Å²) in [6, 6.07) is 0. The summed E-state index contributed by atoms with van der Waals surface area (Å²) in [6.45, 7) is 9.26. The molecule has 0 N–H and O–H groups in total. The van der Waals surface area contributed by atoms with Crippen LogP contribution in [0.5, 0.6) is 0 Å². The third kappa shape index (κ3) is 4.05. The van der Waals surface area contributed by atoms with Crippen LogP contribution in [0.25, 0.3) is 0 Å². The monoisotopic (exact) mass is 274 g/mol. The Balaban J connectivity index is 2.81. The molecule has 1 fully saturated rings. The second kappa shape index (κ2) is 5.32. The molecule has 0 aromatic carbocycles. The molecule has 0 amide bonds. The zero-order valence-electron chi connectivity index (χ0n) is 12.1. The smallest absolute Gasteiger partial charge is 0.322 e. The molecule has 0 saturated carbocycles. The van der Waals surface area contributed by atoms with Gasteiger partial charge >= 0.3 is 5.97 Å². The van der Waals surface area contributed by atoms with Gasteiger partial charge in [0.1, 0.15) is 0 Å². The lowest BCUT2D eigenvalue weighted by Crippen LogP contribution is -2.61. The zero-order valence-corrected chi connectivity index (χ0v) is 12.1. The summed E-state index contributed by atoms with van der Waals surface area (Å²) in [5, 5.41) is 11.2. The van der Waals surface area contributed by atoms with Gasteiger partial charge in [-0.2, -0.15) is 0 Å². The Bertz CT molecular complexity index is 349. The molecule has 0 aromatic heterocycles. The third-order valence-corrected chi connectivity index (χ3v) is 3.31. The fourth-order valence-electron chi connectivity index (χ4n) is 3.13. The summed E-state index contributed by atoms with van der Waals surface area (Å²) in [5.74, 6) is -0.302. The molecule has 0 radical (unpaired) electrons. The van der Waals surface area contributed by atoms with E-state index < -0.39 is 16.2 Å². The number of rotatable bonds is 4. The van der Waals surface area contributed by atoms with Crippen LogP contribution in [0, 0.1) is 16.0 Å². The molecular formula is C12H22N2O5. The summed E-state index contributed by atoms with van der Waals surface area (Å²) in [4.78, 5) is 31.3. The second-order valence-electron chi connectivity index (χ2n) is 6.30. The molecule has 1 heterocycles. The van der Waals surface area contributed by atoms with Gasteiger partial charge in [0, 0.05) is 6.92 Å². The summed E-state index contributed by atoms with van der Waals surface area (Å²) in [6.07, 6.45) is 1.33. The van der Waals surface area contributed by atoms with Crippen molar-refractivity contribution in [3.8, 4) is 0 Å². The molecular weight excluding hydrogens is 252 g/mol. The molecule has 0 aliphatic carbocycles. The highest BCUT2D eigenvalue weighted by Gasteiger charge is 2.47. The maximum atomic E-state index is 11.2. The lowest BCUT2D eigenvalue weighted by molar-refractivity contribution is -0.759. The fourth-order valence-corrected chi connectivity index (χ4v) is 3.13. The highest BCUT2D eigenvalue weighted by Crippen LogP contribution is 2.41. The molecule has 1 aliphatic heterocycles. The maximum absolute atomic E-state index is 11.2. The van der Waals surface area contributed by atoms with Gasteiger partial charge in [-0.3, -0.25) is 4.79 Å². The third-order valence-electron chi connectivity index (χ3n) is 3.31. The molecule has 7 nitrogen and oxygen atoms in total. The van der Waals surface area contributed by atoms with Crippen molar-refractivity contribution in [1.82, 2.24) is 5.06 Å². The Morgan fingerprint density at radius 3 is 2.16 bits per heavy atom. The first-order valence-corrected chi connectivity index (χ1v) is 6.31. The number of hydrogen-bond donors (Lipinski definition) is 0. The van der Waals surface area contributed by atoms with Crippen molar-refractivity contribution < 1.29 is 19.6 Å². The van der Waals surface area contributed by atoms with Crippen LogP contribution in [-0.4, -0.2) is 33.8 Å². The van der Waals surface area contributed by atoms with Crippen LogP contribution in [-0.2, 0) is 14.5 Å². The lowest BCUT2D eigenvalue weighted by atomic mass is 9.75. The van der Waals surface area contributed by atoms with Gasteiger partial charge in [-0.25, -0.2) is 0 Å². The Hall–Kier alpha value is -1.37. The molecule has 1 rings (SSSR count). The van der Waals surface area contributed by atoms with Crippen molar-refractivity contribution >= 4 is 5.97 Å². The maximum Gasteiger partial charge on any atom is 0.322 e. The minimum absolute atomic E-state index is 0.0576. The first kappa shape index (κ1) is 15.7. The molecule has 1 saturated heterocycles. The number of hydrogen-bond acceptors (Lipinski definition) is 6. The van der Waals surface area contributed by atoms with Gasteiger partial charge < -0.3 is 9.68 Å². The van der Waals surface area contributed by atoms with Crippen LogP contribution in [0.4, 0.5) is 0 Å². The van der Waals surface area contributed by atoms with Crippen molar-refractivity contribution in [2.75, 3.05) is 6.61 Å². The summed E-state index contributed by atoms with van der Waals surface area (Å²) < 4.78 is 0. The molecule has 110 valence electrons. The van der Waals surface area contributed by atoms with Crippen molar-refractivity contribution in [3.05, 3.63) is 10.1 Å². The molecule has 0 spiro atoms. The van der Waals surface area contributed by atoms with Gasteiger partial charge in [-0.1, -0.05) is 0 Å². The average molecular weight is 274 g/mol. The van der Waals surface area contributed by atoms with E-state index in [1.807, 2.05) is 27.7 Å². The Kier molecular flexibility index (Phi) is 4.39. The van der Waals surface area contributed by atoms with E-state index in [-0.39, 0.29) is 18.5 Å². The molecule has 0 aromatic rings. The highest BCUT2D eigenvalue weighted by molar-refractivity contribution is 5.65. The SMILES string of the molecule is CC(=O)ON1C(C)(C)CC(CO[N+](=O)[O-])CC1(C)C. The van der Waals surface area contributed by atoms with Crippen LogP contribution < -0.4 is 0 Å². The minimum atomic E-state index is -0.765. The zero-order chi connectivity index (χ0) is 14.8. The van der Waals surface area contributed by atoms with E-state index in [2.05, 4.69) is 4.84 Å². The molecule has 0 atom stereocenters. The largest absolute Gasteiger partial charge is 0.367 e. The minimum Gasteiger partial charge on any atom is -0.367 e. The first-order valence-electron chi connectivity index (χ1n) is 6.31. The van der Waals surface area contributed by atoms with Crippen molar-refractivity contribution in [2.24, 2.45) is 5.92 Å². The van der Waals surface area contributed by atoms with Crippen molar-refractivity contribution in [1.29, 1.82) is 0 Å². The number of nitrogens with zero attached hydrogens (tertiary/aromatic N) is 2. The Morgan fingerprint density at radius 2 is 1.79 bits per heavy atom. The van der Waals surface area contributed by atoms with E-state index in [4.69, 9.17) is 4.84 Å². The highest BCUT2D eigenvalue weighted by atomic mass is 16.9. The van der Waals surface area contributed by atoms with Gasteiger partial charge in [0.05, 0.1) is 17.7 Å². The summed E-state index contributed by atoms with van der Waals surface area (Å²) in [5.41, 5.74) is -0.782. The normalized spacial score (nSPS) is 22.8. The van der Waals surface area contributed by atoms with Gasteiger partial charge in [0.25, 0.3) is 5.09 Å². The molecule has 0 unspecified atom stereocenters. The van der Waals surface area contributed by atoms with E-state index in [0.717, 1.165) is 0 Å². The van der Waals surface area contributed by atoms with E-state index in [9.17, 15) is 14.9 Å². The summed E-state index contributed by atoms with van der Waals surface area (Å²) >= 11 is 0. The number of hydroxylamine groups is 2. The van der Waals surface area contributed by atoms with E-state index in [1.54, 1.807) is 5.06 Å². The Labute approximate surface area is 112 Å². The van der Waals surface area contributed by atoms with Crippen LogP contribution in [0.3, 0.4) is 0 Å². The predicted molar refractivity (Wildman–Crippen MR) is 67.4 cm³/mol. The van der Waals surface area contributed by atoms with Crippen molar-refractivity contribution in [2.45, 2.75) is 58.5 Å². The molecule has 19 heavy (non-hydrogen) atoms. The topological polar surface area (TPSA) is 81.9 Å². The first-order chi connectivity index (χ1) is 8.54. The van der Waals surface area contributed by atoms with Crippen molar-refractivity contribution in [3.63, 3.8) is 0 Å². The van der Waals surface area contributed by atoms with E-state index in [0.29, 0.717) is 12.8 Å². The van der Waals surface area contributed by atoms with E-state index >= 15 is 0 Å². The van der Waals surface area contributed by atoms with Crippen LogP contribution in [0.15, 0.2) is 0 Å². The van der Waals surface area contributed by atoms with Crippen LogP contribution in [0.2, 0.25) is 0 Å². The number of piperidine rings is 1. The molecule has 7 heteroatoms. The summed E-state index contributed by atoms with van der Waals surface area (Å²) in [7, 11) is 0. The quantitative estimate of drug-likeness (QED) is 0.575. The standard InChI is InChI=1S/C12H22N2O5/c1-9(15)19-13-11(2,3)6-10(7-12(13,4)5)8-18-14(16)17/h10H,6-8H2,1-5H3. The predicted octanol–water partition coefficient (Wildman–Crippen LogP) is 1.94. The van der Waals surface area contributed by atoms with Gasteiger partial charge in [0.2, 0.25) is 0 Å². The van der Waals surface area contributed by atoms with Crippen LogP contribution in [0.1, 0.15) is 47.5 Å². The average Bonchev–Trinajstić information content (AvgIpc) is 2.19. The fraction of sp³-hybridized carbons (Fsp3) is 0.917. The Morgan fingerprint density at radius 1 is 1.32 bits per heavy atom. The molecule has 1 aliphatic rings. The van der Waals surface area contributed by atoms with Gasteiger partial charge in [-0.15, -0.1) is 15.2 Å². The van der Waals surface area contributed by atoms with Gasteiger partial charge in [0.15, 0.2) is 0 Å². The second-order valence-corrected chi connectivity index (χ2v) is 6.30.